The number of nitro benzene ring substituents is 1. The van der Waals surface area contributed by atoms with Crippen LogP contribution in [0.3, 0.4) is 0 Å². The summed E-state index contributed by atoms with van der Waals surface area (Å²) in [5.41, 5.74) is -0.135. The van der Waals surface area contributed by atoms with Crippen LogP contribution in [0.2, 0.25) is 5.02 Å². The maximum Gasteiger partial charge on any atom is 0.288 e. The summed E-state index contributed by atoms with van der Waals surface area (Å²) >= 11 is 5.61. The van der Waals surface area contributed by atoms with Crippen molar-refractivity contribution in [2.75, 3.05) is 6.26 Å². The Morgan fingerprint density at radius 3 is 2.61 bits per heavy atom. The van der Waals surface area contributed by atoms with Gasteiger partial charge in [-0.2, -0.15) is 5.26 Å². The van der Waals surface area contributed by atoms with Crippen LogP contribution >= 0.6 is 11.6 Å². The zero-order valence-corrected chi connectivity index (χ0v) is 10.7. The fourth-order valence-corrected chi connectivity index (χ4v) is 1.84. The van der Waals surface area contributed by atoms with Crippen molar-refractivity contribution < 1.29 is 13.3 Å². The van der Waals surface area contributed by atoms with E-state index in [1.807, 2.05) is 0 Å². The monoisotopic (exact) mass is 286 g/mol. The van der Waals surface area contributed by atoms with Crippen LogP contribution in [-0.4, -0.2) is 19.6 Å². The summed E-state index contributed by atoms with van der Waals surface area (Å²) in [5, 5.41) is 19.3. The first kappa shape index (κ1) is 14.2. The van der Waals surface area contributed by atoms with E-state index in [1.54, 1.807) is 0 Å². The molecule has 0 aliphatic rings. The summed E-state index contributed by atoms with van der Waals surface area (Å²) in [6.07, 6.45) is 1.94. The molecule has 0 unspecified atom stereocenters. The highest BCUT2D eigenvalue weighted by molar-refractivity contribution is 7.95. The number of halogens is 1. The van der Waals surface area contributed by atoms with Gasteiger partial charge in [0.2, 0.25) is 0 Å². The predicted molar refractivity (Wildman–Crippen MR) is 66.5 cm³/mol. The maximum atomic E-state index is 11.2. The number of benzene rings is 1. The third-order valence-corrected chi connectivity index (χ3v) is 3.30. The topological polar surface area (TPSA) is 101 Å². The molecule has 0 aromatic heterocycles. The lowest BCUT2D eigenvalue weighted by Crippen LogP contribution is -1.98. The first-order valence-corrected chi connectivity index (χ1v) is 6.78. The van der Waals surface area contributed by atoms with Crippen LogP contribution in [0, 0.1) is 21.4 Å². The number of nitro groups is 1. The molecule has 0 saturated carbocycles. The Morgan fingerprint density at radius 2 is 2.17 bits per heavy atom. The molecule has 1 rings (SSSR count). The molecule has 0 heterocycles. The molecule has 94 valence electrons. The molecule has 0 atom stereocenters. The normalized spacial score (nSPS) is 11.9. The Labute approximate surface area is 108 Å². The van der Waals surface area contributed by atoms with Crippen molar-refractivity contribution in [2.24, 2.45) is 0 Å². The fraction of sp³-hybridized carbons (Fsp3) is 0.100. The first-order chi connectivity index (χ1) is 8.25. The highest BCUT2D eigenvalue weighted by Gasteiger charge is 2.14. The lowest BCUT2D eigenvalue weighted by molar-refractivity contribution is -0.384. The van der Waals surface area contributed by atoms with E-state index in [0.717, 1.165) is 18.4 Å². The summed E-state index contributed by atoms with van der Waals surface area (Å²) in [4.78, 5) is 9.48. The Balaban J connectivity index is 3.37. The molecule has 0 fully saturated rings. The summed E-state index contributed by atoms with van der Waals surface area (Å²) in [7, 11) is -3.66. The third-order valence-electron chi connectivity index (χ3n) is 1.97. The van der Waals surface area contributed by atoms with Gasteiger partial charge >= 0.3 is 0 Å². The number of allylic oxidation sites excluding steroid dienone is 1. The van der Waals surface area contributed by atoms with Crippen molar-refractivity contribution in [2.45, 2.75) is 0 Å². The van der Waals surface area contributed by atoms with Crippen molar-refractivity contribution >= 4 is 33.2 Å². The van der Waals surface area contributed by atoms with Crippen molar-refractivity contribution in [1.29, 1.82) is 5.26 Å². The molecule has 8 heteroatoms. The lowest BCUT2D eigenvalue weighted by atomic mass is 10.2. The molecule has 0 N–H and O–H groups in total. The van der Waals surface area contributed by atoms with Crippen molar-refractivity contribution in [3.8, 4) is 6.07 Å². The molecule has 0 aliphatic heterocycles. The Hall–Kier alpha value is -1.91. The Kier molecular flexibility index (Phi) is 4.06. The van der Waals surface area contributed by atoms with Gasteiger partial charge in [0.05, 0.1) is 4.92 Å². The molecule has 0 spiro atoms. The van der Waals surface area contributed by atoms with E-state index in [4.69, 9.17) is 16.9 Å². The first-order valence-electron chi connectivity index (χ1n) is 4.51. The Morgan fingerprint density at radius 1 is 1.56 bits per heavy atom. The van der Waals surface area contributed by atoms with E-state index in [1.165, 1.54) is 18.2 Å². The largest absolute Gasteiger partial charge is 0.288 e. The minimum atomic E-state index is -3.66. The van der Waals surface area contributed by atoms with Gasteiger partial charge in [0, 0.05) is 12.3 Å². The third kappa shape index (κ3) is 3.29. The maximum absolute atomic E-state index is 11.2. The molecular weight excluding hydrogens is 280 g/mol. The summed E-state index contributed by atoms with van der Waals surface area (Å²) < 4.78 is 22.4. The molecule has 18 heavy (non-hydrogen) atoms. The van der Waals surface area contributed by atoms with Crippen molar-refractivity contribution in [1.82, 2.24) is 0 Å². The molecule has 0 radical (unpaired) electrons. The number of nitriles is 1. The highest BCUT2D eigenvalue weighted by atomic mass is 35.5. The second-order valence-electron chi connectivity index (χ2n) is 3.36. The smallest absolute Gasteiger partial charge is 0.258 e. The van der Waals surface area contributed by atoms with Crippen LogP contribution in [0.4, 0.5) is 5.69 Å². The number of hydrogen-bond acceptors (Lipinski definition) is 5. The van der Waals surface area contributed by atoms with E-state index < -0.39 is 19.7 Å². The second-order valence-corrected chi connectivity index (χ2v) is 5.75. The van der Waals surface area contributed by atoms with Gasteiger partial charge in [-0.05, 0) is 17.7 Å². The zero-order valence-electron chi connectivity index (χ0n) is 9.12. The minimum Gasteiger partial charge on any atom is -0.258 e. The second kappa shape index (κ2) is 5.16. The van der Waals surface area contributed by atoms with Crippen LogP contribution < -0.4 is 0 Å². The van der Waals surface area contributed by atoms with E-state index in [9.17, 15) is 18.5 Å². The molecule has 0 aliphatic carbocycles. The fourth-order valence-electron chi connectivity index (χ4n) is 1.13. The van der Waals surface area contributed by atoms with Crippen LogP contribution in [0.5, 0.6) is 0 Å². The molecule has 6 nitrogen and oxygen atoms in total. The SMILES string of the molecule is CS(=O)(=O)/C(C#N)=C/c1ccc(Cl)c([N+](=O)[O-])c1. The van der Waals surface area contributed by atoms with E-state index in [2.05, 4.69) is 0 Å². The van der Waals surface area contributed by atoms with E-state index in [-0.39, 0.29) is 16.3 Å². The summed E-state index contributed by atoms with van der Waals surface area (Å²) in [5.74, 6) is 0. The van der Waals surface area contributed by atoms with Gasteiger partial charge in [-0.15, -0.1) is 0 Å². The minimum absolute atomic E-state index is 0.0602. The number of rotatable bonds is 3. The van der Waals surface area contributed by atoms with Gasteiger partial charge in [0.25, 0.3) is 5.69 Å². The van der Waals surface area contributed by atoms with E-state index >= 15 is 0 Å². The zero-order chi connectivity index (χ0) is 13.9. The molecule has 1 aromatic rings. The highest BCUT2D eigenvalue weighted by Crippen LogP contribution is 2.26. The van der Waals surface area contributed by atoms with E-state index in [0.29, 0.717) is 0 Å². The number of sulfone groups is 1. The van der Waals surface area contributed by atoms with Gasteiger partial charge in [0.15, 0.2) is 9.84 Å². The summed E-state index contributed by atoms with van der Waals surface area (Å²) in [6.45, 7) is 0. The average molecular weight is 287 g/mol. The average Bonchev–Trinajstić information content (AvgIpc) is 2.25. The van der Waals surface area contributed by atoms with Gasteiger partial charge in [-0.25, -0.2) is 8.42 Å². The molecular formula is C10H7ClN2O4S. The standard InChI is InChI=1S/C10H7ClN2O4S/c1-18(16,17)8(6-12)4-7-2-3-9(11)10(5-7)13(14)15/h2-5H,1H3/b8-4+. The lowest BCUT2D eigenvalue weighted by Gasteiger charge is -1.98. The number of nitrogens with zero attached hydrogens (tertiary/aromatic N) is 2. The van der Waals surface area contributed by atoms with Gasteiger partial charge in [-0.1, -0.05) is 17.7 Å². The van der Waals surface area contributed by atoms with Crippen molar-refractivity contribution in [3.63, 3.8) is 0 Å². The Bertz CT molecular complexity index is 674. The van der Waals surface area contributed by atoms with Gasteiger partial charge in [0.1, 0.15) is 16.0 Å². The predicted octanol–water partition coefficient (Wildman–Crippen LogP) is 2.16. The van der Waals surface area contributed by atoms with Gasteiger partial charge in [-0.3, -0.25) is 10.1 Å². The number of hydrogen-bond donors (Lipinski definition) is 0. The van der Waals surface area contributed by atoms with Crippen molar-refractivity contribution in [3.05, 3.63) is 43.8 Å². The van der Waals surface area contributed by atoms with Crippen LogP contribution in [0.15, 0.2) is 23.1 Å². The molecule has 0 saturated heterocycles. The molecule has 0 amide bonds. The summed E-state index contributed by atoms with van der Waals surface area (Å²) in [6, 6.07) is 5.28. The van der Waals surface area contributed by atoms with Crippen LogP contribution in [0.1, 0.15) is 5.56 Å². The quantitative estimate of drug-likeness (QED) is 0.481. The molecule has 0 bridgehead atoms. The van der Waals surface area contributed by atoms with Crippen LogP contribution in [0.25, 0.3) is 6.08 Å². The van der Waals surface area contributed by atoms with Gasteiger partial charge < -0.3 is 0 Å². The van der Waals surface area contributed by atoms with Crippen LogP contribution in [-0.2, 0) is 9.84 Å². The molecule has 1 aromatic carbocycles.